The van der Waals surface area contributed by atoms with Crippen LogP contribution in [0.5, 0.6) is 5.75 Å². The summed E-state index contributed by atoms with van der Waals surface area (Å²) in [6, 6.07) is 1.94. The molecular weight excluding hydrogens is 393 g/mol. The van der Waals surface area contributed by atoms with Crippen LogP contribution in [0.2, 0.25) is 5.02 Å². The van der Waals surface area contributed by atoms with Crippen molar-refractivity contribution in [3.05, 3.63) is 55.3 Å². The minimum Gasteiger partial charge on any atom is -0.490 e. The van der Waals surface area contributed by atoms with E-state index in [1.165, 1.54) is 6.92 Å². The summed E-state index contributed by atoms with van der Waals surface area (Å²) in [5.41, 5.74) is 1.83. The van der Waals surface area contributed by atoms with Gasteiger partial charge in [-0.15, -0.1) is 0 Å². The van der Waals surface area contributed by atoms with E-state index in [2.05, 4.69) is 10.3 Å². The van der Waals surface area contributed by atoms with Crippen LogP contribution in [-0.2, 0) is 6.18 Å². The lowest BCUT2D eigenvalue weighted by molar-refractivity contribution is -0.137. The van der Waals surface area contributed by atoms with Gasteiger partial charge in [0.1, 0.15) is 23.7 Å². The molecule has 0 saturated carbocycles. The fraction of sp³-hybridized carbons (Fsp3) is 0.267. The van der Waals surface area contributed by atoms with Crippen LogP contribution in [0.3, 0.4) is 0 Å². The summed E-state index contributed by atoms with van der Waals surface area (Å²) < 4.78 is 43.1. The Morgan fingerprint density at radius 3 is 2.59 bits per heavy atom. The van der Waals surface area contributed by atoms with Crippen LogP contribution in [0.4, 0.5) is 18.9 Å². The Morgan fingerprint density at radius 2 is 2.00 bits per heavy atom. The first-order valence-electron chi connectivity index (χ1n) is 7.41. The molecule has 1 atom stereocenters. The highest BCUT2D eigenvalue weighted by molar-refractivity contribution is 6.32. The molecule has 0 aliphatic heterocycles. The number of nitrogens with one attached hydrogen (secondary N) is 3. The highest BCUT2D eigenvalue weighted by Crippen LogP contribution is 2.34. The molecule has 1 heterocycles. The molecule has 1 aromatic heterocycles. The summed E-state index contributed by atoms with van der Waals surface area (Å²) in [5.74, 6) is -0.833. The van der Waals surface area contributed by atoms with Crippen molar-refractivity contribution in [3.63, 3.8) is 0 Å². The zero-order chi connectivity index (χ0) is 20.4. The van der Waals surface area contributed by atoms with E-state index in [-0.39, 0.29) is 17.4 Å². The van der Waals surface area contributed by atoms with E-state index < -0.39 is 46.3 Å². The Hall–Kier alpha value is -2.95. The van der Waals surface area contributed by atoms with Crippen molar-refractivity contribution in [2.45, 2.75) is 19.1 Å². The van der Waals surface area contributed by atoms with Gasteiger partial charge in [-0.1, -0.05) is 11.6 Å². The van der Waals surface area contributed by atoms with Crippen molar-refractivity contribution in [2.75, 3.05) is 12.3 Å². The van der Waals surface area contributed by atoms with Gasteiger partial charge in [0.15, 0.2) is 0 Å². The first-order valence-corrected chi connectivity index (χ1v) is 7.79. The molecule has 12 heteroatoms. The zero-order valence-corrected chi connectivity index (χ0v) is 14.5. The molecule has 146 valence electrons. The summed E-state index contributed by atoms with van der Waals surface area (Å²) in [5, 5.41) is 2.18. The van der Waals surface area contributed by atoms with Gasteiger partial charge >= 0.3 is 11.9 Å². The number of alkyl halides is 3. The van der Waals surface area contributed by atoms with Crippen molar-refractivity contribution >= 4 is 23.2 Å². The minimum atomic E-state index is -4.53. The fourth-order valence-corrected chi connectivity index (χ4v) is 2.26. The molecule has 0 saturated heterocycles. The molecule has 2 rings (SSSR count). The molecule has 0 fully saturated rings. The topological polar surface area (TPSA) is 130 Å². The highest BCUT2D eigenvalue weighted by Gasteiger charge is 2.31. The molecule has 0 aliphatic rings. The van der Waals surface area contributed by atoms with E-state index >= 15 is 0 Å². The predicted molar refractivity (Wildman–Crippen MR) is 91.0 cm³/mol. The number of hydrogen-bond donors (Lipinski definition) is 4. The Balaban J connectivity index is 2.03. The van der Waals surface area contributed by atoms with Gasteiger partial charge in [0.25, 0.3) is 11.5 Å². The number of nitrogens with two attached hydrogens (primary N) is 1. The number of rotatable bonds is 5. The first-order chi connectivity index (χ1) is 12.5. The highest BCUT2D eigenvalue weighted by atomic mass is 35.5. The maximum atomic E-state index is 12.6. The summed E-state index contributed by atoms with van der Waals surface area (Å²) in [6.45, 7) is 1.38. The lowest BCUT2D eigenvalue weighted by Gasteiger charge is -2.16. The molecule has 1 amide bonds. The predicted octanol–water partition coefficient (Wildman–Crippen LogP) is 1.51. The molecule has 1 aromatic carbocycles. The van der Waals surface area contributed by atoms with Crippen LogP contribution in [0.1, 0.15) is 23.0 Å². The Morgan fingerprint density at radius 1 is 1.33 bits per heavy atom. The average Bonchev–Trinajstić information content (AvgIpc) is 2.55. The Kier molecular flexibility index (Phi) is 5.84. The van der Waals surface area contributed by atoms with Gasteiger partial charge in [0.05, 0.1) is 16.6 Å². The van der Waals surface area contributed by atoms with Crippen LogP contribution in [-0.4, -0.2) is 28.5 Å². The van der Waals surface area contributed by atoms with E-state index in [9.17, 15) is 27.6 Å². The number of amides is 1. The van der Waals surface area contributed by atoms with Gasteiger partial charge in [-0.2, -0.15) is 13.2 Å². The standard InChI is InChI=1S/C15H14ClF3N4O4/c1-6(21-13(25)11-10(20)12(24)23-14(26)22-11)5-27-9-3-2-7(4-8(9)16)15(17,18)19/h2-4,6H,5,20H2,1H3,(H,21,25)(H2,22,23,24,26)/t6-/m1/s1. The third-order valence-corrected chi connectivity index (χ3v) is 3.63. The number of anilines is 1. The second kappa shape index (κ2) is 7.74. The molecule has 0 aliphatic carbocycles. The van der Waals surface area contributed by atoms with Gasteiger partial charge in [-0.25, -0.2) is 4.79 Å². The maximum Gasteiger partial charge on any atom is 0.416 e. The third-order valence-electron chi connectivity index (χ3n) is 3.33. The number of benzene rings is 1. The lowest BCUT2D eigenvalue weighted by Crippen LogP contribution is -2.40. The summed E-state index contributed by atoms with van der Waals surface area (Å²) in [7, 11) is 0. The second-order valence-corrected chi connectivity index (χ2v) is 5.93. The van der Waals surface area contributed by atoms with E-state index in [0.29, 0.717) is 0 Å². The zero-order valence-electron chi connectivity index (χ0n) is 13.7. The monoisotopic (exact) mass is 406 g/mol. The number of ether oxygens (including phenoxy) is 1. The summed E-state index contributed by atoms with van der Waals surface area (Å²) in [6.07, 6.45) is -4.53. The summed E-state index contributed by atoms with van der Waals surface area (Å²) in [4.78, 5) is 38.7. The van der Waals surface area contributed by atoms with Crippen LogP contribution >= 0.6 is 11.6 Å². The number of carbonyl (C=O) groups excluding carboxylic acids is 1. The number of H-pyrrole nitrogens is 2. The molecule has 0 unspecified atom stereocenters. The quantitative estimate of drug-likeness (QED) is 0.598. The van der Waals surface area contributed by atoms with Crippen molar-refractivity contribution in [3.8, 4) is 5.75 Å². The van der Waals surface area contributed by atoms with Crippen LogP contribution < -0.4 is 27.0 Å². The molecule has 27 heavy (non-hydrogen) atoms. The second-order valence-electron chi connectivity index (χ2n) is 5.53. The van der Waals surface area contributed by atoms with Gasteiger partial charge in [0, 0.05) is 0 Å². The van der Waals surface area contributed by atoms with Crippen molar-refractivity contribution < 1.29 is 22.7 Å². The summed E-state index contributed by atoms with van der Waals surface area (Å²) >= 11 is 5.77. The number of nitrogen functional groups attached to an aromatic ring is 1. The molecular formula is C15H14ClF3N4O4. The fourth-order valence-electron chi connectivity index (χ4n) is 2.02. The number of hydrogen-bond acceptors (Lipinski definition) is 5. The number of carbonyl (C=O) groups is 1. The molecule has 2 aromatic rings. The number of aromatic amines is 2. The first kappa shape index (κ1) is 20.4. The van der Waals surface area contributed by atoms with Crippen molar-refractivity contribution in [1.82, 2.24) is 15.3 Å². The number of halogens is 4. The average molecular weight is 407 g/mol. The molecule has 0 spiro atoms. The van der Waals surface area contributed by atoms with Gasteiger partial charge in [0.2, 0.25) is 0 Å². The normalized spacial score (nSPS) is 12.5. The molecule has 5 N–H and O–H groups in total. The van der Waals surface area contributed by atoms with Crippen molar-refractivity contribution in [1.29, 1.82) is 0 Å². The van der Waals surface area contributed by atoms with Crippen LogP contribution in [0, 0.1) is 0 Å². The molecule has 0 bridgehead atoms. The lowest BCUT2D eigenvalue weighted by atomic mass is 10.2. The van der Waals surface area contributed by atoms with Gasteiger partial charge in [-0.3, -0.25) is 14.6 Å². The van der Waals surface area contributed by atoms with Crippen LogP contribution in [0.25, 0.3) is 0 Å². The van der Waals surface area contributed by atoms with E-state index in [1.54, 1.807) is 0 Å². The van der Waals surface area contributed by atoms with Gasteiger partial charge < -0.3 is 20.8 Å². The Bertz CT molecular complexity index is 971. The van der Waals surface area contributed by atoms with Crippen molar-refractivity contribution in [2.24, 2.45) is 0 Å². The third kappa shape index (κ3) is 5.03. The SMILES string of the molecule is C[C@H](COc1ccc(C(F)(F)F)cc1Cl)NC(=O)c1[nH]c(=O)[nH]c(=O)c1N. The largest absolute Gasteiger partial charge is 0.490 e. The van der Waals surface area contributed by atoms with E-state index in [1.807, 2.05) is 4.98 Å². The smallest absolute Gasteiger partial charge is 0.416 e. The molecule has 8 nitrogen and oxygen atoms in total. The van der Waals surface area contributed by atoms with Gasteiger partial charge in [-0.05, 0) is 25.1 Å². The maximum absolute atomic E-state index is 12.6. The molecule has 0 radical (unpaired) electrons. The Labute approximate surface area is 154 Å². The van der Waals surface area contributed by atoms with E-state index in [0.717, 1.165) is 18.2 Å². The van der Waals surface area contributed by atoms with E-state index in [4.69, 9.17) is 22.1 Å². The number of aromatic nitrogens is 2. The minimum absolute atomic E-state index is 0.00478. The van der Waals surface area contributed by atoms with Crippen LogP contribution in [0.15, 0.2) is 27.8 Å².